The molecule has 1 aliphatic heterocycles. The molecule has 1 heterocycles. The lowest BCUT2D eigenvalue weighted by Crippen LogP contribution is -2.62. The Hall–Kier alpha value is -1.06. The van der Waals surface area contributed by atoms with Crippen LogP contribution in [0, 0.1) is 0 Å². The Morgan fingerprint density at radius 1 is 1.30 bits per heavy atom. The molecule has 0 aliphatic carbocycles. The van der Waals surface area contributed by atoms with E-state index in [1.165, 1.54) is 18.4 Å². The van der Waals surface area contributed by atoms with Gasteiger partial charge in [-0.2, -0.15) is 0 Å². The fourth-order valence-corrected chi connectivity index (χ4v) is 3.08. The smallest absolute Gasteiger partial charge is 0.123 e. The first kappa shape index (κ1) is 15.3. The molecule has 3 heteroatoms. The van der Waals surface area contributed by atoms with Crippen LogP contribution in [0.4, 0.5) is 0 Å². The van der Waals surface area contributed by atoms with Crippen molar-refractivity contribution >= 4 is 0 Å². The van der Waals surface area contributed by atoms with Crippen LogP contribution >= 0.6 is 0 Å². The average Bonchev–Trinajstić information content (AvgIpc) is 2.50. The van der Waals surface area contributed by atoms with Gasteiger partial charge in [-0.1, -0.05) is 32.0 Å². The molecule has 1 saturated heterocycles. The van der Waals surface area contributed by atoms with Crippen molar-refractivity contribution in [2.24, 2.45) is 0 Å². The van der Waals surface area contributed by atoms with Crippen molar-refractivity contribution in [2.45, 2.75) is 51.7 Å². The Kier molecular flexibility index (Phi) is 5.06. The third-order valence-electron chi connectivity index (χ3n) is 4.82. The van der Waals surface area contributed by atoms with Gasteiger partial charge in [0, 0.05) is 36.8 Å². The van der Waals surface area contributed by atoms with Gasteiger partial charge in [0.1, 0.15) is 5.75 Å². The number of rotatable bonds is 5. The van der Waals surface area contributed by atoms with Crippen molar-refractivity contribution in [1.82, 2.24) is 10.2 Å². The van der Waals surface area contributed by atoms with Crippen molar-refractivity contribution in [3.05, 3.63) is 29.8 Å². The minimum atomic E-state index is 0.272. The van der Waals surface area contributed by atoms with Crippen LogP contribution in [0.5, 0.6) is 5.75 Å². The number of nitrogens with zero attached hydrogens (tertiary/aromatic N) is 1. The van der Waals surface area contributed by atoms with E-state index >= 15 is 0 Å². The third-order valence-corrected chi connectivity index (χ3v) is 4.82. The Morgan fingerprint density at radius 2 is 2.00 bits per heavy atom. The quantitative estimate of drug-likeness (QED) is 0.894. The Labute approximate surface area is 123 Å². The van der Waals surface area contributed by atoms with Crippen LogP contribution in [0.3, 0.4) is 0 Å². The van der Waals surface area contributed by atoms with E-state index in [1.54, 1.807) is 7.11 Å². The normalized spacial score (nSPS) is 22.7. The molecule has 0 aromatic heterocycles. The summed E-state index contributed by atoms with van der Waals surface area (Å²) in [6.07, 6.45) is 2.36. The predicted octanol–water partition coefficient (Wildman–Crippen LogP) is 3.05. The van der Waals surface area contributed by atoms with E-state index in [-0.39, 0.29) is 5.54 Å². The molecule has 0 spiro atoms. The van der Waals surface area contributed by atoms with Gasteiger partial charge < -0.3 is 10.1 Å². The second-order valence-electron chi connectivity index (χ2n) is 5.93. The van der Waals surface area contributed by atoms with Crippen molar-refractivity contribution in [2.75, 3.05) is 20.2 Å². The van der Waals surface area contributed by atoms with Gasteiger partial charge in [0.15, 0.2) is 0 Å². The van der Waals surface area contributed by atoms with Gasteiger partial charge >= 0.3 is 0 Å². The highest BCUT2D eigenvalue weighted by Gasteiger charge is 2.35. The highest BCUT2D eigenvalue weighted by atomic mass is 16.5. The lowest BCUT2D eigenvalue weighted by molar-refractivity contribution is 0.0739. The molecule has 20 heavy (non-hydrogen) atoms. The molecule has 1 fully saturated rings. The fraction of sp³-hybridized carbons (Fsp3) is 0.647. The SMILES string of the molecule is CCC1(CC)CN(Cc2ccccc2OC)C(C)CN1. The Morgan fingerprint density at radius 3 is 2.65 bits per heavy atom. The monoisotopic (exact) mass is 276 g/mol. The second-order valence-corrected chi connectivity index (χ2v) is 5.93. The van der Waals surface area contributed by atoms with E-state index in [4.69, 9.17) is 4.74 Å². The molecule has 1 aromatic carbocycles. The maximum atomic E-state index is 5.48. The van der Waals surface area contributed by atoms with Crippen LogP contribution in [-0.2, 0) is 6.54 Å². The molecule has 0 saturated carbocycles. The van der Waals surface area contributed by atoms with Gasteiger partial charge in [0.25, 0.3) is 0 Å². The number of hydrogen-bond donors (Lipinski definition) is 1. The van der Waals surface area contributed by atoms with E-state index < -0.39 is 0 Å². The van der Waals surface area contributed by atoms with E-state index in [2.05, 4.69) is 49.2 Å². The molecule has 0 amide bonds. The van der Waals surface area contributed by atoms with Crippen LogP contribution in [0.25, 0.3) is 0 Å². The Bertz CT molecular complexity index is 429. The van der Waals surface area contributed by atoms with E-state index in [0.29, 0.717) is 6.04 Å². The van der Waals surface area contributed by atoms with Crippen molar-refractivity contribution < 1.29 is 4.74 Å². The number of hydrogen-bond acceptors (Lipinski definition) is 3. The lowest BCUT2D eigenvalue weighted by atomic mass is 9.88. The average molecular weight is 276 g/mol. The van der Waals surface area contributed by atoms with Crippen LogP contribution in [0.15, 0.2) is 24.3 Å². The van der Waals surface area contributed by atoms with E-state index in [1.807, 2.05) is 6.07 Å². The van der Waals surface area contributed by atoms with Crippen LogP contribution in [-0.4, -0.2) is 36.7 Å². The maximum Gasteiger partial charge on any atom is 0.123 e. The number of para-hydroxylation sites is 1. The summed E-state index contributed by atoms with van der Waals surface area (Å²) in [4.78, 5) is 2.58. The third kappa shape index (κ3) is 3.15. The Balaban J connectivity index is 2.14. The van der Waals surface area contributed by atoms with Gasteiger partial charge in [0.2, 0.25) is 0 Å². The molecule has 1 N–H and O–H groups in total. The molecule has 112 valence electrons. The number of benzene rings is 1. The molecule has 1 atom stereocenters. The van der Waals surface area contributed by atoms with Gasteiger partial charge in [-0.25, -0.2) is 0 Å². The summed E-state index contributed by atoms with van der Waals surface area (Å²) in [5.74, 6) is 0.997. The molecule has 1 aromatic rings. The molecule has 3 nitrogen and oxygen atoms in total. The number of nitrogens with one attached hydrogen (secondary N) is 1. The zero-order valence-corrected chi connectivity index (χ0v) is 13.3. The van der Waals surface area contributed by atoms with Crippen LogP contribution in [0.2, 0.25) is 0 Å². The largest absolute Gasteiger partial charge is 0.496 e. The summed E-state index contributed by atoms with van der Waals surface area (Å²) in [5, 5.41) is 3.75. The summed E-state index contributed by atoms with van der Waals surface area (Å²) < 4.78 is 5.48. The highest BCUT2D eigenvalue weighted by Crippen LogP contribution is 2.26. The van der Waals surface area contributed by atoms with Gasteiger partial charge in [-0.3, -0.25) is 4.90 Å². The fourth-order valence-electron chi connectivity index (χ4n) is 3.08. The summed E-state index contributed by atoms with van der Waals surface area (Å²) in [6, 6.07) is 8.91. The maximum absolute atomic E-state index is 5.48. The topological polar surface area (TPSA) is 24.5 Å². The van der Waals surface area contributed by atoms with Crippen LogP contribution < -0.4 is 10.1 Å². The lowest BCUT2D eigenvalue weighted by Gasteiger charge is -2.46. The van der Waals surface area contributed by atoms with E-state index in [0.717, 1.165) is 25.4 Å². The van der Waals surface area contributed by atoms with E-state index in [9.17, 15) is 0 Å². The summed E-state index contributed by atoms with van der Waals surface area (Å²) in [7, 11) is 1.75. The molecule has 1 aliphatic rings. The first-order valence-electron chi connectivity index (χ1n) is 7.75. The minimum Gasteiger partial charge on any atom is -0.496 e. The molecular weight excluding hydrogens is 248 g/mol. The first-order chi connectivity index (χ1) is 9.64. The van der Waals surface area contributed by atoms with Gasteiger partial charge in [0.05, 0.1) is 7.11 Å². The highest BCUT2D eigenvalue weighted by molar-refractivity contribution is 5.33. The molecule has 0 bridgehead atoms. The van der Waals surface area contributed by atoms with Gasteiger partial charge in [-0.15, -0.1) is 0 Å². The molecular formula is C17H28N2O. The number of methoxy groups -OCH3 is 1. The predicted molar refractivity (Wildman–Crippen MR) is 84.2 cm³/mol. The van der Waals surface area contributed by atoms with Crippen molar-refractivity contribution in [1.29, 1.82) is 0 Å². The van der Waals surface area contributed by atoms with Gasteiger partial charge in [-0.05, 0) is 25.8 Å². The molecule has 1 unspecified atom stereocenters. The zero-order valence-electron chi connectivity index (χ0n) is 13.3. The van der Waals surface area contributed by atoms with Crippen molar-refractivity contribution in [3.8, 4) is 5.75 Å². The molecule has 2 rings (SSSR count). The molecule has 0 radical (unpaired) electrons. The minimum absolute atomic E-state index is 0.272. The summed E-state index contributed by atoms with van der Waals surface area (Å²) >= 11 is 0. The first-order valence-corrected chi connectivity index (χ1v) is 7.75. The summed E-state index contributed by atoms with van der Waals surface area (Å²) in [5.41, 5.74) is 1.55. The number of piperazine rings is 1. The van der Waals surface area contributed by atoms with Crippen LogP contribution in [0.1, 0.15) is 39.2 Å². The number of ether oxygens (including phenoxy) is 1. The zero-order chi connectivity index (χ0) is 14.6. The standard InChI is InChI=1S/C17H28N2O/c1-5-17(6-2)13-19(14(3)11-18-17)12-15-9-7-8-10-16(15)20-4/h7-10,14,18H,5-6,11-13H2,1-4H3. The summed E-state index contributed by atoms with van der Waals surface area (Å²) in [6.45, 7) is 10.0. The second kappa shape index (κ2) is 6.59. The van der Waals surface area contributed by atoms with Crippen molar-refractivity contribution in [3.63, 3.8) is 0 Å².